The second-order valence-electron chi connectivity index (χ2n) is 4.95. The molecule has 0 saturated heterocycles. The van der Waals surface area contributed by atoms with Crippen molar-refractivity contribution in [2.24, 2.45) is 5.92 Å². The first kappa shape index (κ1) is 17.9. The van der Waals surface area contributed by atoms with Crippen molar-refractivity contribution >= 4 is 33.0 Å². The quantitative estimate of drug-likeness (QED) is 0.764. The van der Waals surface area contributed by atoms with Crippen LogP contribution in [0.25, 0.3) is 0 Å². The lowest BCUT2D eigenvalue weighted by Crippen LogP contribution is -2.47. The van der Waals surface area contributed by atoms with Crippen molar-refractivity contribution in [3.8, 4) is 0 Å². The predicted octanol–water partition coefficient (Wildman–Crippen LogP) is 3.26. The summed E-state index contributed by atoms with van der Waals surface area (Å²) < 4.78 is 27.9. The number of sulfonamides is 1. The van der Waals surface area contributed by atoms with Crippen LogP contribution in [0.3, 0.4) is 0 Å². The fourth-order valence-corrected chi connectivity index (χ4v) is 4.86. The maximum atomic E-state index is 12.3. The standard InChI is InChI=1S/C13H22ClNO3S2/c1-4-6-10(16)13(9(3)5-2)15-20(17,18)12-8-7-11(14)19-12/h7-10,13,15-16H,4-6H2,1-3H3/t9-,10+,13+/m0/s1. The van der Waals surface area contributed by atoms with Gasteiger partial charge in [-0.25, -0.2) is 13.1 Å². The van der Waals surface area contributed by atoms with E-state index in [4.69, 9.17) is 11.6 Å². The van der Waals surface area contributed by atoms with Gasteiger partial charge in [0.1, 0.15) is 4.21 Å². The minimum atomic E-state index is -3.63. The molecule has 20 heavy (non-hydrogen) atoms. The highest BCUT2D eigenvalue weighted by Gasteiger charge is 2.29. The molecule has 0 aromatic carbocycles. The fourth-order valence-electron chi connectivity index (χ4n) is 1.98. The summed E-state index contributed by atoms with van der Waals surface area (Å²) >= 11 is 6.80. The Labute approximate surface area is 130 Å². The lowest BCUT2D eigenvalue weighted by atomic mass is 9.93. The van der Waals surface area contributed by atoms with E-state index in [1.807, 2.05) is 20.8 Å². The van der Waals surface area contributed by atoms with Gasteiger partial charge in [-0.15, -0.1) is 11.3 Å². The van der Waals surface area contributed by atoms with Gasteiger partial charge in [0.2, 0.25) is 10.0 Å². The monoisotopic (exact) mass is 339 g/mol. The molecule has 2 N–H and O–H groups in total. The second-order valence-corrected chi connectivity index (χ2v) is 8.60. The summed E-state index contributed by atoms with van der Waals surface area (Å²) in [5.74, 6) is 0.0572. The Kier molecular flexibility index (Phi) is 6.94. The third-order valence-corrected chi connectivity index (χ3v) is 6.54. The van der Waals surface area contributed by atoms with E-state index >= 15 is 0 Å². The lowest BCUT2D eigenvalue weighted by molar-refractivity contribution is 0.102. The van der Waals surface area contributed by atoms with Crippen molar-refractivity contribution < 1.29 is 13.5 Å². The summed E-state index contributed by atoms with van der Waals surface area (Å²) in [5, 5.41) is 10.2. The molecule has 0 fully saturated rings. The second kappa shape index (κ2) is 7.75. The van der Waals surface area contributed by atoms with Crippen LogP contribution in [0.4, 0.5) is 0 Å². The first-order valence-electron chi connectivity index (χ1n) is 6.77. The normalized spacial score (nSPS) is 16.9. The van der Waals surface area contributed by atoms with Gasteiger partial charge in [0.05, 0.1) is 16.5 Å². The molecule has 0 unspecified atom stereocenters. The molecule has 0 saturated carbocycles. The third kappa shape index (κ3) is 4.70. The van der Waals surface area contributed by atoms with E-state index in [0.29, 0.717) is 10.8 Å². The highest BCUT2D eigenvalue weighted by atomic mass is 35.5. The Bertz CT molecular complexity index is 515. The minimum absolute atomic E-state index is 0.0572. The zero-order valence-electron chi connectivity index (χ0n) is 12.0. The van der Waals surface area contributed by atoms with E-state index in [2.05, 4.69) is 4.72 Å². The molecular weight excluding hydrogens is 318 g/mol. The third-order valence-electron chi connectivity index (χ3n) is 3.36. The SMILES string of the molecule is CCC[C@@H](O)[C@H](NS(=O)(=O)c1ccc(Cl)s1)[C@@H](C)CC. The maximum absolute atomic E-state index is 12.3. The van der Waals surface area contributed by atoms with E-state index in [1.54, 1.807) is 6.07 Å². The molecule has 0 radical (unpaired) electrons. The summed E-state index contributed by atoms with van der Waals surface area (Å²) in [6, 6.07) is 2.56. The van der Waals surface area contributed by atoms with Gasteiger partial charge in [0, 0.05) is 0 Å². The highest BCUT2D eigenvalue weighted by Crippen LogP contribution is 2.26. The van der Waals surface area contributed by atoms with Gasteiger partial charge in [-0.05, 0) is 24.5 Å². The summed E-state index contributed by atoms with van der Waals surface area (Å²) in [6.45, 7) is 5.88. The Hall–Kier alpha value is -0.140. The lowest BCUT2D eigenvalue weighted by Gasteiger charge is -2.28. The Morgan fingerprint density at radius 1 is 1.40 bits per heavy atom. The molecule has 0 aliphatic carbocycles. The van der Waals surface area contributed by atoms with Gasteiger partial charge < -0.3 is 5.11 Å². The number of aliphatic hydroxyl groups excluding tert-OH is 1. The molecule has 116 valence electrons. The van der Waals surface area contributed by atoms with Crippen LogP contribution in [-0.4, -0.2) is 25.7 Å². The van der Waals surface area contributed by atoms with Crippen molar-refractivity contribution in [2.75, 3.05) is 0 Å². The largest absolute Gasteiger partial charge is 0.391 e. The van der Waals surface area contributed by atoms with Crippen LogP contribution in [0.15, 0.2) is 16.3 Å². The maximum Gasteiger partial charge on any atom is 0.250 e. The average molecular weight is 340 g/mol. The highest BCUT2D eigenvalue weighted by molar-refractivity contribution is 7.91. The molecule has 1 rings (SSSR count). The number of hydrogen-bond donors (Lipinski definition) is 2. The molecule has 0 bridgehead atoms. The fraction of sp³-hybridized carbons (Fsp3) is 0.692. The van der Waals surface area contributed by atoms with Crippen LogP contribution in [0.1, 0.15) is 40.0 Å². The number of aliphatic hydroxyl groups is 1. The van der Waals surface area contributed by atoms with Gasteiger partial charge >= 0.3 is 0 Å². The zero-order chi connectivity index (χ0) is 15.3. The predicted molar refractivity (Wildman–Crippen MR) is 83.8 cm³/mol. The minimum Gasteiger partial charge on any atom is -0.391 e. The molecule has 0 aliphatic heterocycles. The summed E-state index contributed by atoms with van der Waals surface area (Å²) in [7, 11) is -3.63. The topological polar surface area (TPSA) is 66.4 Å². The van der Waals surface area contributed by atoms with Gasteiger partial charge in [-0.2, -0.15) is 0 Å². The first-order valence-corrected chi connectivity index (χ1v) is 9.45. The van der Waals surface area contributed by atoms with E-state index in [9.17, 15) is 13.5 Å². The average Bonchev–Trinajstić information content (AvgIpc) is 2.83. The number of nitrogens with one attached hydrogen (secondary N) is 1. The van der Waals surface area contributed by atoms with Crippen molar-refractivity contribution in [2.45, 2.75) is 56.4 Å². The smallest absolute Gasteiger partial charge is 0.250 e. The van der Waals surface area contributed by atoms with Gasteiger partial charge in [0.15, 0.2) is 0 Å². The molecule has 0 spiro atoms. The Balaban J connectivity index is 2.94. The molecule has 1 aromatic rings. The van der Waals surface area contributed by atoms with E-state index in [1.165, 1.54) is 6.07 Å². The van der Waals surface area contributed by atoms with Crippen molar-refractivity contribution in [1.82, 2.24) is 4.72 Å². The number of hydrogen-bond acceptors (Lipinski definition) is 4. The van der Waals surface area contributed by atoms with E-state index < -0.39 is 22.2 Å². The van der Waals surface area contributed by atoms with E-state index in [0.717, 1.165) is 24.2 Å². The zero-order valence-corrected chi connectivity index (χ0v) is 14.4. The van der Waals surface area contributed by atoms with Crippen LogP contribution in [-0.2, 0) is 10.0 Å². The summed E-state index contributed by atoms with van der Waals surface area (Å²) in [4.78, 5) is 0. The number of rotatable bonds is 8. The van der Waals surface area contributed by atoms with Crippen molar-refractivity contribution in [1.29, 1.82) is 0 Å². The molecule has 3 atom stereocenters. The molecule has 7 heteroatoms. The van der Waals surface area contributed by atoms with Crippen LogP contribution >= 0.6 is 22.9 Å². The summed E-state index contributed by atoms with van der Waals surface area (Å²) in [5.41, 5.74) is 0. The first-order chi connectivity index (χ1) is 9.31. The molecule has 0 amide bonds. The van der Waals surface area contributed by atoms with Gasteiger partial charge in [0.25, 0.3) is 0 Å². The Morgan fingerprint density at radius 2 is 2.05 bits per heavy atom. The van der Waals surface area contributed by atoms with Crippen molar-refractivity contribution in [3.05, 3.63) is 16.5 Å². The van der Waals surface area contributed by atoms with Crippen molar-refractivity contribution in [3.63, 3.8) is 0 Å². The van der Waals surface area contributed by atoms with Crippen LogP contribution in [0.2, 0.25) is 4.34 Å². The van der Waals surface area contributed by atoms with E-state index in [-0.39, 0.29) is 10.1 Å². The molecule has 1 aromatic heterocycles. The molecule has 0 aliphatic rings. The molecule has 4 nitrogen and oxygen atoms in total. The number of thiophene rings is 1. The van der Waals surface area contributed by atoms with Gasteiger partial charge in [-0.1, -0.05) is 45.2 Å². The Morgan fingerprint density at radius 3 is 2.50 bits per heavy atom. The van der Waals surface area contributed by atoms with Crippen LogP contribution in [0, 0.1) is 5.92 Å². The molecule has 1 heterocycles. The molecular formula is C13H22ClNO3S2. The van der Waals surface area contributed by atoms with Crippen LogP contribution < -0.4 is 4.72 Å². The van der Waals surface area contributed by atoms with Crippen LogP contribution in [0.5, 0.6) is 0 Å². The van der Waals surface area contributed by atoms with Gasteiger partial charge in [-0.3, -0.25) is 0 Å². The summed E-state index contributed by atoms with van der Waals surface area (Å²) in [6.07, 6.45) is 1.49. The number of halogens is 1.